The summed E-state index contributed by atoms with van der Waals surface area (Å²) in [6, 6.07) is 15.8. The zero-order valence-electron chi connectivity index (χ0n) is 14.8. The van der Waals surface area contributed by atoms with Crippen LogP contribution in [0.15, 0.2) is 65.6 Å². The molecule has 0 aliphatic heterocycles. The number of aryl methyl sites for hydroxylation is 1. The number of benzene rings is 3. The Kier molecular flexibility index (Phi) is 4.14. The van der Waals surface area contributed by atoms with Crippen molar-refractivity contribution in [3.63, 3.8) is 0 Å². The summed E-state index contributed by atoms with van der Waals surface area (Å²) in [5, 5.41) is 2.90. The number of nitrogens with one attached hydrogen (secondary N) is 1. The topological polar surface area (TPSA) is 101 Å². The third-order valence-electron chi connectivity index (χ3n) is 4.65. The second-order valence-corrected chi connectivity index (χ2v) is 7.92. The highest BCUT2D eigenvalue weighted by atomic mass is 32.2. The molecule has 28 heavy (non-hydrogen) atoms. The van der Waals surface area contributed by atoms with Crippen molar-refractivity contribution < 1.29 is 22.6 Å². The fourth-order valence-electron chi connectivity index (χ4n) is 3.29. The summed E-state index contributed by atoms with van der Waals surface area (Å²) in [6.07, 6.45) is 0. The molecule has 7 heteroatoms. The van der Waals surface area contributed by atoms with Gasteiger partial charge in [0, 0.05) is 22.4 Å². The van der Waals surface area contributed by atoms with Gasteiger partial charge in [0.15, 0.2) is 11.6 Å². The fourth-order valence-corrected chi connectivity index (χ4v) is 3.94. The van der Waals surface area contributed by atoms with E-state index in [0.717, 1.165) is 11.6 Å². The molecule has 0 amide bonds. The van der Waals surface area contributed by atoms with E-state index in [9.17, 15) is 22.6 Å². The molecule has 6 nitrogen and oxygen atoms in total. The van der Waals surface area contributed by atoms with Gasteiger partial charge >= 0.3 is 0 Å². The Bertz CT molecular complexity index is 1240. The van der Waals surface area contributed by atoms with Gasteiger partial charge in [-0.1, -0.05) is 42.0 Å². The molecule has 140 valence electrons. The Morgan fingerprint density at radius 1 is 0.786 bits per heavy atom. The molecule has 0 aromatic heterocycles. The van der Waals surface area contributed by atoms with Crippen molar-refractivity contribution >= 4 is 33.1 Å². The molecule has 0 fully saturated rings. The van der Waals surface area contributed by atoms with E-state index in [1.165, 1.54) is 12.1 Å². The van der Waals surface area contributed by atoms with Gasteiger partial charge in [-0.25, -0.2) is 0 Å². The maximum Gasteiger partial charge on any atom is 0.296 e. The van der Waals surface area contributed by atoms with Crippen LogP contribution >= 0.6 is 0 Å². The van der Waals surface area contributed by atoms with Crippen LogP contribution < -0.4 is 5.32 Å². The summed E-state index contributed by atoms with van der Waals surface area (Å²) >= 11 is 0. The van der Waals surface area contributed by atoms with Crippen LogP contribution in [0, 0.1) is 6.92 Å². The van der Waals surface area contributed by atoms with Crippen LogP contribution in [-0.2, 0) is 10.1 Å². The molecule has 0 unspecified atom stereocenters. The van der Waals surface area contributed by atoms with Crippen molar-refractivity contribution in [2.24, 2.45) is 0 Å². The molecule has 0 saturated carbocycles. The SMILES string of the molecule is Cc1ccc(Nc2c(S(=O)(=O)O)ccc3c2C(=O)c2ccccc2C3=O)cc1. The summed E-state index contributed by atoms with van der Waals surface area (Å²) in [5.74, 6) is -0.857. The second-order valence-electron chi connectivity index (χ2n) is 6.53. The van der Waals surface area contributed by atoms with E-state index in [0.29, 0.717) is 5.69 Å². The van der Waals surface area contributed by atoms with Gasteiger partial charge in [0.1, 0.15) is 4.90 Å². The van der Waals surface area contributed by atoms with E-state index >= 15 is 0 Å². The minimum atomic E-state index is -4.64. The maximum absolute atomic E-state index is 13.1. The molecule has 0 bridgehead atoms. The highest BCUT2D eigenvalue weighted by molar-refractivity contribution is 7.86. The van der Waals surface area contributed by atoms with Crippen LogP contribution in [0.1, 0.15) is 37.4 Å². The molecule has 0 spiro atoms. The van der Waals surface area contributed by atoms with E-state index in [2.05, 4.69) is 5.32 Å². The van der Waals surface area contributed by atoms with Gasteiger partial charge in [0.25, 0.3) is 10.1 Å². The molecular formula is C21H15NO5S. The lowest BCUT2D eigenvalue weighted by Gasteiger charge is -2.22. The first-order chi connectivity index (χ1) is 13.3. The van der Waals surface area contributed by atoms with Crippen molar-refractivity contribution in [1.29, 1.82) is 0 Å². The van der Waals surface area contributed by atoms with Gasteiger partial charge < -0.3 is 5.32 Å². The maximum atomic E-state index is 13.1. The Labute approximate surface area is 161 Å². The monoisotopic (exact) mass is 393 g/mol. The van der Waals surface area contributed by atoms with Gasteiger partial charge in [0.2, 0.25) is 0 Å². The summed E-state index contributed by atoms with van der Waals surface area (Å²) in [6.45, 7) is 1.90. The molecule has 4 rings (SSSR count). The molecule has 2 N–H and O–H groups in total. The van der Waals surface area contributed by atoms with Crippen LogP contribution in [0.2, 0.25) is 0 Å². The highest BCUT2D eigenvalue weighted by Gasteiger charge is 2.34. The van der Waals surface area contributed by atoms with Gasteiger partial charge in [-0.2, -0.15) is 8.42 Å². The third-order valence-corrected chi connectivity index (χ3v) is 5.55. The van der Waals surface area contributed by atoms with Crippen molar-refractivity contribution in [2.75, 3.05) is 5.32 Å². The molecule has 3 aromatic rings. The molecule has 1 aliphatic carbocycles. The quantitative estimate of drug-likeness (QED) is 0.514. The lowest BCUT2D eigenvalue weighted by atomic mass is 9.83. The fraction of sp³-hybridized carbons (Fsp3) is 0.0476. The van der Waals surface area contributed by atoms with E-state index < -0.39 is 20.8 Å². The lowest BCUT2D eigenvalue weighted by molar-refractivity contribution is 0.0979. The number of carbonyl (C=O) groups is 2. The number of anilines is 2. The third kappa shape index (κ3) is 2.90. The Hall–Kier alpha value is -3.29. The molecule has 0 saturated heterocycles. The Balaban J connectivity index is 1.99. The van der Waals surface area contributed by atoms with E-state index in [1.54, 1.807) is 30.3 Å². The Morgan fingerprint density at radius 2 is 1.39 bits per heavy atom. The highest BCUT2D eigenvalue weighted by Crippen LogP contribution is 2.37. The largest absolute Gasteiger partial charge is 0.354 e. The number of carbonyl (C=O) groups excluding carboxylic acids is 2. The zero-order chi connectivity index (χ0) is 20.1. The number of rotatable bonds is 3. The van der Waals surface area contributed by atoms with Crippen LogP contribution in [-0.4, -0.2) is 24.5 Å². The van der Waals surface area contributed by atoms with Crippen molar-refractivity contribution in [3.8, 4) is 0 Å². The van der Waals surface area contributed by atoms with E-state index in [4.69, 9.17) is 0 Å². The van der Waals surface area contributed by atoms with E-state index in [1.807, 2.05) is 19.1 Å². The minimum absolute atomic E-state index is 0.0700. The lowest BCUT2D eigenvalue weighted by Crippen LogP contribution is -2.23. The van der Waals surface area contributed by atoms with Crippen LogP contribution in [0.3, 0.4) is 0 Å². The first-order valence-corrected chi connectivity index (χ1v) is 9.88. The molecule has 0 atom stereocenters. The first kappa shape index (κ1) is 18.1. The van der Waals surface area contributed by atoms with Crippen molar-refractivity contribution in [1.82, 2.24) is 0 Å². The molecule has 0 heterocycles. The zero-order valence-corrected chi connectivity index (χ0v) is 15.6. The second kappa shape index (κ2) is 6.40. The molecule has 0 radical (unpaired) electrons. The van der Waals surface area contributed by atoms with Gasteiger partial charge in [0.05, 0.1) is 11.3 Å². The average Bonchev–Trinajstić information content (AvgIpc) is 2.66. The van der Waals surface area contributed by atoms with Crippen molar-refractivity contribution in [3.05, 3.63) is 88.5 Å². The van der Waals surface area contributed by atoms with Gasteiger partial charge in [-0.3, -0.25) is 14.1 Å². The van der Waals surface area contributed by atoms with Crippen molar-refractivity contribution in [2.45, 2.75) is 11.8 Å². The average molecular weight is 393 g/mol. The van der Waals surface area contributed by atoms with E-state index in [-0.39, 0.29) is 33.7 Å². The normalized spacial score (nSPS) is 13.1. The predicted molar refractivity (Wildman–Crippen MR) is 104 cm³/mol. The Morgan fingerprint density at radius 3 is 2.00 bits per heavy atom. The summed E-state index contributed by atoms with van der Waals surface area (Å²) in [4.78, 5) is 25.5. The first-order valence-electron chi connectivity index (χ1n) is 8.44. The van der Waals surface area contributed by atoms with Gasteiger partial charge in [-0.05, 0) is 31.2 Å². The summed E-state index contributed by atoms with van der Waals surface area (Å²) in [5.41, 5.74) is 1.88. The predicted octanol–water partition coefficient (Wildman–Crippen LogP) is 3.76. The standard InChI is InChI=1S/C21H15NO5S/c1-12-6-8-13(9-7-12)22-19-17(28(25,26)27)11-10-16-18(19)21(24)15-5-3-2-4-14(15)20(16)23/h2-11,22H,1H3,(H,25,26,27). The number of ketones is 2. The smallest absolute Gasteiger partial charge is 0.296 e. The van der Waals surface area contributed by atoms with Crippen LogP contribution in [0.5, 0.6) is 0 Å². The van der Waals surface area contributed by atoms with Crippen LogP contribution in [0.25, 0.3) is 0 Å². The molecular weight excluding hydrogens is 378 g/mol. The molecule has 3 aromatic carbocycles. The number of hydrogen-bond acceptors (Lipinski definition) is 5. The summed E-state index contributed by atoms with van der Waals surface area (Å²) < 4.78 is 33.6. The molecule has 1 aliphatic rings. The number of fused-ring (bicyclic) bond motifs is 2. The minimum Gasteiger partial charge on any atom is -0.354 e. The summed E-state index contributed by atoms with van der Waals surface area (Å²) in [7, 11) is -4.64. The van der Waals surface area contributed by atoms with Gasteiger partial charge in [-0.15, -0.1) is 0 Å². The van der Waals surface area contributed by atoms with Crippen LogP contribution in [0.4, 0.5) is 11.4 Å². The number of hydrogen-bond donors (Lipinski definition) is 2.